The summed E-state index contributed by atoms with van der Waals surface area (Å²) in [6, 6.07) is 13.2. The van der Waals surface area contributed by atoms with E-state index in [-0.39, 0.29) is 39.9 Å². The molecule has 0 aliphatic heterocycles. The predicted molar refractivity (Wildman–Crippen MR) is 121 cm³/mol. The molecule has 0 atom stereocenters. The molecule has 0 heterocycles. The van der Waals surface area contributed by atoms with E-state index in [1.807, 2.05) is 0 Å². The van der Waals surface area contributed by atoms with Gasteiger partial charge >= 0.3 is 5.97 Å². The van der Waals surface area contributed by atoms with Crippen LogP contribution in [0.4, 0.5) is 10.1 Å². The number of carbonyl (C=O) groups is 2. The summed E-state index contributed by atoms with van der Waals surface area (Å²) in [6.45, 7) is -0.258. The summed E-state index contributed by atoms with van der Waals surface area (Å²) in [4.78, 5) is 25.7. The first-order valence-electron chi connectivity index (χ1n) is 9.69. The molecule has 0 saturated carbocycles. The summed E-state index contributed by atoms with van der Waals surface area (Å²) < 4.78 is 34.7. The third-order valence-electron chi connectivity index (χ3n) is 4.71. The van der Waals surface area contributed by atoms with Crippen LogP contribution in [0.15, 0.2) is 54.6 Å². The molecule has 0 aliphatic carbocycles. The standard InChI is InChI=1S/C24H21ClFNO6/c1-30-20-9-8-15(26)10-14(20)13-33-24(29)17-11-21(31-2)22(32-3)12-19(17)27-23(28)16-6-4-5-7-18(16)25/h4-12H,13H2,1-3H3,(H,27,28). The number of anilines is 1. The first-order valence-corrected chi connectivity index (χ1v) is 10.1. The number of methoxy groups -OCH3 is 3. The molecule has 0 spiro atoms. The smallest absolute Gasteiger partial charge is 0.340 e. The molecule has 3 rings (SSSR count). The molecule has 0 aromatic heterocycles. The predicted octanol–water partition coefficient (Wildman–Crippen LogP) is 5.11. The van der Waals surface area contributed by atoms with E-state index >= 15 is 0 Å². The molecule has 1 amide bonds. The number of hydrogen-bond donors (Lipinski definition) is 1. The number of ether oxygens (including phenoxy) is 4. The number of esters is 1. The van der Waals surface area contributed by atoms with Crippen molar-refractivity contribution in [3.8, 4) is 17.2 Å². The van der Waals surface area contributed by atoms with Gasteiger partial charge in [-0.25, -0.2) is 9.18 Å². The second-order valence-corrected chi connectivity index (χ2v) is 7.13. The van der Waals surface area contributed by atoms with Crippen LogP contribution in [-0.4, -0.2) is 33.2 Å². The maximum Gasteiger partial charge on any atom is 0.340 e. The van der Waals surface area contributed by atoms with Gasteiger partial charge < -0.3 is 24.3 Å². The highest BCUT2D eigenvalue weighted by Gasteiger charge is 2.21. The monoisotopic (exact) mass is 473 g/mol. The van der Waals surface area contributed by atoms with Gasteiger partial charge in [0.1, 0.15) is 18.2 Å². The molecule has 7 nitrogen and oxygen atoms in total. The highest BCUT2D eigenvalue weighted by Crippen LogP contribution is 2.34. The Labute approximate surface area is 195 Å². The van der Waals surface area contributed by atoms with E-state index in [0.717, 1.165) is 0 Å². The molecule has 0 saturated heterocycles. The fourth-order valence-corrected chi connectivity index (χ4v) is 3.29. The summed E-state index contributed by atoms with van der Waals surface area (Å²) >= 11 is 6.11. The lowest BCUT2D eigenvalue weighted by atomic mass is 10.1. The van der Waals surface area contributed by atoms with Crippen LogP contribution in [0.25, 0.3) is 0 Å². The van der Waals surface area contributed by atoms with Crippen LogP contribution in [0.2, 0.25) is 5.02 Å². The van der Waals surface area contributed by atoms with E-state index in [0.29, 0.717) is 11.3 Å². The molecular weight excluding hydrogens is 453 g/mol. The van der Waals surface area contributed by atoms with Crippen molar-refractivity contribution in [2.24, 2.45) is 0 Å². The second-order valence-electron chi connectivity index (χ2n) is 6.72. The maximum atomic E-state index is 13.6. The lowest BCUT2D eigenvalue weighted by Gasteiger charge is -2.16. The van der Waals surface area contributed by atoms with Crippen LogP contribution in [0.1, 0.15) is 26.3 Å². The minimum absolute atomic E-state index is 0.00317. The van der Waals surface area contributed by atoms with E-state index < -0.39 is 17.7 Å². The van der Waals surface area contributed by atoms with E-state index in [1.54, 1.807) is 24.3 Å². The normalized spacial score (nSPS) is 10.3. The first kappa shape index (κ1) is 23.9. The Bertz CT molecular complexity index is 1180. The van der Waals surface area contributed by atoms with Crippen molar-refractivity contribution in [2.75, 3.05) is 26.6 Å². The number of rotatable bonds is 8. The lowest BCUT2D eigenvalue weighted by molar-refractivity contribution is 0.0470. The van der Waals surface area contributed by atoms with Gasteiger partial charge in [-0.2, -0.15) is 0 Å². The van der Waals surface area contributed by atoms with E-state index in [9.17, 15) is 14.0 Å². The van der Waals surface area contributed by atoms with Gasteiger partial charge in [-0.15, -0.1) is 0 Å². The van der Waals surface area contributed by atoms with Crippen LogP contribution in [0, 0.1) is 5.82 Å². The quantitative estimate of drug-likeness (QED) is 0.457. The van der Waals surface area contributed by atoms with Gasteiger partial charge in [0.2, 0.25) is 0 Å². The second kappa shape index (κ2) is 10.7. The Kier molecular flexibility index (Phi) is 7.74. The van der Waals surface area contributed by atoms with Crippen molar-refractivity contribution in [1.82, 2.24) is 0 Å². The Morgan fingerprint density at radius 2 is 1.55 bits per heavy atom. The third kappa shape index (κ3) is 5.53. The van der Waals surface area contributed by atoms with Crippen LogP contribution >= 0.6 is 11.6 Å². The summed E-state index contributed by atoms with van der Waals surface area (Å²) in [5.74, 6) is -0.909. The van der Waals surface area contributed by atoms with Crippen LogP contribution in [0.3, 0.4) is 0 Å². The molecule has 0 fully saturated rings. The number of amides is 1. The molecule has 172 valence electrons. The number of halogens is 2. The van der Waals surface area contributed by atoms with Gasteiger partial charge in [-0.1, -0.05) is 23.7 Å². The summed E-state index contributed by atoms with van der Waals surface area (Å²) in [5, 5.41) is 2.91. The Hall–Kier alpha value is -3.78. The Balaban J connectivity index is 1.92. The van der Waals surface area contributed by atoms with Crippen molar-refractivity contribution in [2.45, 2.75) is 6.61 Å². The Morgan fingerprint density at radius 1 is 0.879 bits per heavy atom. The SMILES string of the molecule is COc1ccc(F)cc1COC(=O)c1cc(OC)c(OC)cc1NC(=O)c1ccccc1Cl. The molecule has 33 heavy (non-hydrogen) atoms. The fourth-order valence-electron chi connectivity index (χ4n) is 3.07. The summed E-state index contributed by atoms with van der Waals surface area (Å²) in [5.41, 5.74) is 0.683. The van der Waals surface area contributed by atoms with E-state index in [4.69, 9.17) is 30.5 Å². The maximum absolute atomic E-state index is 13.6. The summed E-state index contributed by atoms with van der Waals surface area (Å²) in [7, 11) is 4.26. The number of carbonyl (C=O) groups excluding carboxylic acids is 2. The molecule has 0 unspecified atom stereocenters. The van der Waals surface area contributed by atoms with Gasteiger partial charge in [0.25, 0.3) is 5.91 Å². The van der Waals surface area contributed by atoms with Crippen LogP contribution in [0.5, 0.6) is 17.2 Å². The minimum Gasteiger partial charge on any atom is -0.496 e. The highest BCUT2D eigenvalue weighted by molar-refractivity contribution is 6.34. The van der Waals surface area contributed by atoms with Crippen LogP contribution in [-0.2, 0) is 11.3 Å². The number of nitrogens with one attached hydrogen (secondary N) is 1. The largest absolute Gasteiger partial charge is 0.496 e. The highest BCUT2D eigenvalue weighted by atomic mass is 35.5. The van der Waals surface area contributed by atoms with Gasteiger partial charge in [-0.3, -0.25) is 4.79 Å². The van der Waals surface area contributed by atoms with Crippen molar-refractivity contribution >= 4 is 29.2 Å². The lowest BCUT2D eigenvalue weighted by Crippen LogP contribution is -2.17. The van der Waals surface area contributed by atoms with Gasteiger partial charge in [0.05, 0.1) is 43.2 Å². The fraction of sp³-hybridized carbons (Fsp3) is 0.167. The topological polar surface area (TPSA) is 83.1 Å². The number of hydrogen-bond acceptors (Lipinski definition) is 6. The molecule has 9 heteroatoms. The molecule has 3 aromatic rings. The minimum atomic E-state index is -0.781. The van der Waals surface area contributed by atoms with E-state index in [2.05, 4.69) is 5.32 Å². The van der Waals surface area contributed by atoms with Crippen molar-refractivity contribution in [1.29, 1.82) is 0 Å². The Morgan fingerprint density at radius 3 is 2.21 bits per heavy atom. The van der Waals surface area contributed by atoms with Gasteiger partial charge in [-0.05, 0) is 30.3 Å². The molecular formula is C24H21ClFNO6. The zero-order valence-corrected chi connectivity index (χ0v) is 18.9. The molecule has 0 radical (unpaired) electrons. The molecule has 0 aliphatic rings. The van der Waals surface area contributed by atoms with Crippen molar-refractivity contribution < 1.29 is 32.9 Å². The van der Waals surface area contributed by atoms with Gasteiger partial charge in [0.15, 0.2) is 11.5 Å². The molecule has 1 N–H and O–H groups in total. The van der Waals surface area contributed by atoms with E-state index in [1.165, 1.54) is 51.7 Å². The van der Waals surface area contributed by atoms with Crippen molar-refractivity contribution in [3.63, 3.8) is 0 Å². The van der Waals surface area contributed by atoms with Crippen LogP contribution < -0.4 is 19.5 Å². The molecule has 3 aromatic carbocycles. The first-order chi connectivity index (χ1) is 15.9. The zero-order chi connectivity index (χ0) is 24.0. The number of benzene rings is 3. The summed E-state index contributed by atoms with van der Waals surface area (Å²) in [6.07, 6.45) is 0. The van der Waals surface area contributed by atoms with Gasteiger partial charge in [0, 0.05) is 17.7 Å². The zero-order valence-electron chi connectivity index (χ0n) is 18.1. The third-order valence-corrected chi connectivity index (χ3v) is 5.04. The molecule has 0 bridgehead atoms. The average molecular weight is 474 g/mol. The van der Waals surface area contributed by atoms with Crippen molar-refractivity contribution in [3.05, 3.63) is 82.1 Å². The average Bonchev–Trinajstić information content (AvgIpc) is 2.82.